The molecule has 0 fully saturated rings. The van der Waals surface area contributed by atoms with Crippen molar-refractivity contribution in [3.8, 4) is 0 Å². The highest BCUT2D eigenvalue weighted by molar-refractivity contribution is 5.10. The van der Waals surface area contributed by atoms with E-state index < -0.39 is 0 Å². The quantitative estimate of drug-likeness (QED) is 0.586. The lowest BCUT2D eigenvalue weighted by Gasteiger charge is -2.19. The van der Waals surface area contributed by atoms with Gasteiger partial charge < -0.3 is 4.90 Å². The minimum Gasteiger partial charge on any atom is -0.300 e. The second-order valence-electron chi connectivity index (χ2n) is 3.80. The summed E-state index contributed by atoms with van der Waals surface area (Å²) in [6.07, 6.45) is 3.60. The molecule has 0 bridgehead atoms. The first-order valence-corrected chi connectivity index (χ1v) is 4.83. The molecule has 0 N–H and O–H groups in total. The molecule has 4 heteroatoms. The van der Waals surface area contributed by atoms with Gasteiger partial charge in [-0.1, -0.05) is 5.21 Å². The van der Waals surface area contributed by atoms with Crippen LogP contribution >= 0.6 is 0 Å². The van der Waals surface area contributed by atoms with Gasteiger partial charge in [-0.25, -0.2) is 0 Å². The molecule has 0 atom stereocenters. The van der Waals surface area contributed by atoms with Crippen LogP contribution in [0.4, 0.5) is 0 Å². The van der Waals surface area contributed by atoms with E-state index in [0.29, 0.717) is 0 Å². The molecule has 72 valence electrons. The molecule has 0 radical (unpaired) electrons. The first-order valence-electron chi connectivity index (χ1n) is 4.83. The third-order valence-electron chi connectivity index (χ3n) is 2.65. The zero-order valence-electron chi connectivity index (χ0n) is 8.32. The van der Waals surface area contributed by atoms with Crippen molar-refractivity contribution in [1.29, 1.82) is 0 Å². The fraction of sp³-hybridized carbons (Fsp3) is 0.778. The van der Waals surface area contributed by atoms with Gasteiger partial charge in [0.2, 0.25) is 0 Å². The Morgan fingerprint density at radius 1 is 1.23 bits per heavy atom. The molecule has 0 amide bonds. The third kappa shape index (κ3) is 1.72. The molecule has 0 aromatic carbocycles. The molecule has 2 rings (SSSR count). The first-order chi connectivity index (χ1) is 6.27. The van der Waals surface area contributed by atoms with Gasteiger partial charge in [-0.3, -0.25) is 4.68 Å². The second kappa shape index (κ2) is 3.46. The van der Waals surface area contributed by atoms with E-state index in [9.17, 15) is 0 Å². The number of hydrogen-bond acceptors (Lipinski definition) is 3. The van der Waals surface area contributed by atoms with Crippen LogP contribution in [-0.4, -0.2) is 33.5 Å². The van der Waals surface area contributed by atoms with Gasteiger partial charge in [-0.2, -0.15) is 0 Å². The molecule has 0 unspecified atom stereocenters. The van der Waals surface area contributed by atoms with Crippen molar-refractivity contribution in [3.63, 3.8) is 0 Å². The van der Waals surface area contributed by atoms with Crippen molar-refractivity contribution in [3.05, 3.63) is 11.4 Å². The van der Waals surface area contributed by atoms with E-state index in [2.05, 4.69) is 22.3 Å². The molecule has 1 aromatic rings. The number of aryl methyl sites for hydroxylation is 2. The maximum Gasteiger partial charge on any atom is 0.0872 e. The van der Waals surface area contributed by atoms with Gasteiger partial charge in [0.05, 0.1) is 11.4 Å². The lowest BCUT2D eigenvalue weighted by Crippen LogP contribution is -2.23. The molecular weight excluding hydrogens is 164 g/mol. The summed E-state index contributed by atoms with van der Waals surface area (Å²) in [5.41, 5.74) is 2.47. The average Bonchev–Trinajstić information content (AvgIpc) is 2.39. The zero-order valence-corrected chi connectivity index (χ0v) is 8.32. The number of rotatable bonds is 0. The van der Waals surface area contributed by atoms with Crippen molar-refractivity contribution in [2.75, 3.05) is 13.6 Å². The van der Waals surface area contributed by atoms with Crippen LogP contribution in [0.25, 0.3) is 0 Å². The predicted molar refractivity (Wildman–Crippen MR) is 50.3 cm³/mol. The van der Waals surface area contributed by atoms with E-state index >= 15 is 0 Å². The molecule has 0 aliphatic carbocycles. The smallest absolute Gasteiger partial charge is 0.0872 e. The van der Waals surface area contributed by atoms with Crippen LogP contribution in [0.15, 0.2) is 0 Å². The number of aromatic nitrogens is 3. The Kier molecular flexibility index (Phi) is 2.31. The second-order valence-corrected chi connectivity index (χ2v) is 3.80. The number of nitrogens with zero attached hydrogens (tertiary/aromatic N) is 4. The van der Waals surface area contributed by atoms with Crippen molar-refractivity contribution in [2.24, 2.45) is 7.05 Å². The highest BCUT2D eigenvalue weighted by Gasteiger charge is 2.14. The minimum absolute atomic E-state index is 0.985. The molecule has 0 spiro atoms. The Morgan fingerprint density at radius 2 is 2.08 bits per heavy atom. The van der Waals surface area contributed by atoms with Crippen LogP contribution in [0.2, 0.25) is 0 Å². The Hall–Kier alpha value is -0.900. The summed E-state index contributed by atoms with van der Waals surface area (Å²) in [7, 11) is 4.13. The molecular formula is C9H16N4. The maximum atomic E-state index is 4.18. The van der Waals surface area contributed by atoms with Gasteiger partial charge >= 0.3 is 0 Å². The van der Waals surface area contributed by atoms with Crippen LogP contribution in [0.5, 0.6) is 0 Å². The largest absolute Gasteiger partial charge is 0.300 e. The highest BCUT2D eigenvalue weighted by atomic mass is 15.4. The van der Waals surface area contributed by atoms with Crippen molar-refractivity contribution in [2.45, 2.75) is 25.8 Å². The van der Waals surface area contributed by atoms with Gasteiger partial charge in [-0.15, -0.1) is 5.10 Å². The zero-order chi connectivity index (χ0) is 9.26. The lowest BCUT2D eigenvalue weighted by molar-refractivity contribution is 0.302. The summed E-state index contributed by atoms with van der Waals surface area (Å²) in [6, 6.07) is 0. The number of hydrogen-bond donors (Lipinski definition) is 0. The van der Waals surface area contributed by atoms with Gasteiger partial charge in [0.1, 0.15) is 0 Å². The van der Waals surface area contributed by atoms with E-state index in [4.69, 9.17) is 0 Å². The Morgan fingerprint density at radius 3 is 2.92 bits per heavy atom. The fourth-order valence-corrected chi connectivity index (χ4v) is 1.82. The van der Waals surface area contributed by atoms with E-state index in [1.165, 1.54) is 30.8 Å². The Balaban J connectivity index is 2.27. The van der Waals surface area contributed by atoms with Gasteiger partial charge in [-0.05, 0) is 32.9 Å². The standard InChI is InChI=1S/C9H16N4/c1-12-6-4-3-5-8-9(7-12)13(2)11-10-8/h3-7H2,1-2H3. The van der Waals surface area contributed by atoms with E-state index in [1.54, 1.807) is 0 Å². The predicted octanol–water partition coefficient (Wildman–Crippen LogP) is 0.583. The molecule has 4 nitrogen and oxygen atoms in total. The first kappa shape index (κ1) is 8.69. The molecule has 1 aliphatic heterocycles. The lowest BCUT2D eigenvalue weighted by atomic mass is 10.1. The van der Waals surface area contributed by atoms with Crippen molar-refractivity contribution in [1.82, 2.24) is 19.9 Å². The maximum absolute atomic E-state index is 4.18. The molecule has 1 aromatic heterocycles. The highest BCUT2D eigenvalue weighted by Crippen LogP contribution is 2.14. The van der Waals surface area contributed by atoms with Crippen LogP contribution in [0, 0.1) is 0 Å². The molecule has 13 heavy (non-hydrogen) atoms. The summed E-state index contributed by atoms with van der Waals surface area (Å²) in [5.74, 6) is 0. The van der Waals surface area contributed by atoms with Gasteiger partial charge in [0.15, 0.2) is 0 Å². The molecule has 0 saturated heterocycles. The summed E-state index contributed by atoms with van der Waals surface area (Å²) in [4.78, 5) is 2.33. The normalized spacial score (nSPS) is 19.2. The van der Waals surface area contributed by atoms with E-state index in [-0.39, 0.29) is 0 Å². The summed E-state index contributed by atoms with van der Waals surface area (Å²) in [5, 5.41) is 8.23. The minimum atomic E-state index is 0.985. The van der Waals surface area contributed by atoms with Crippen LogP contribution < -0.4 is 0 Å². The SMILES string of the molecule is CN1CCCCc2nnn(C)c2C1. The molecule has 0 saturated carbocycles. The average molecular weight is 180 g/mol. The van der Waals surface area contributed by atoms with Crippen molar-refractivity contribution >= 4 is 0 Å². The van der Waals surface area contributed by atoms with E-state index in [1.807, 2.05) is 11.7 Å². The summed E-state index contributed by atoms with van der Waals surface area (Å²) < 4.78 is 1.90. The van der Waals surface area contributed by atoms with Crippen LogP contribution in [0.3, 0.4) is 0 Å². The Labute approximate surface area is 78.5 Å². The monoisotopic (exact) mass is 180 g/mol. The molecule has 1 aliphatic rings. The Bertz CT molecular complexity index is 292. The summed E-state index contributed by atoms with van der Waals surface area (Å²) >= 11 is 0. The third-order valence-corrected chi connectivity index (χ3v) is 2.65. The van der Waals surface area contributed by atoms with Crippen LogP contribution in [-0.2, 0) is 20.0 Å². The van der Waals surface area contributed by atoms with Crippen LogP contribution in [0.1, 0.15) is 24.2 Å². The molecule has 2 heterocycles. The topological polar surface area (TPSA) is 34.0 Å². The van der Waals surface area contributed by atoms with E-state index in [0.717, 1.165) is 13.0 Å². The fourth-order valence-electron chi connectivity index (χ4n) is 1.82. The van der Waals surface area contributed by atoms with Gasteiger partial charge in [0.25, 0.3) is 0 Å². The summed E-state index contributed by atoms with van der Waals surface area (Å²) in [6.45, 7) is 2.17. The van der Waals surface area contributed by atoms with Gasteiger partial charge in [0, 0.05) is 13.6 Å². The number of fused-ring (bicyclic) bond motifs is 1. The van der Waals surface area contributed by atoms with Crippen molar-refractivity contribution < 1.29 is 0 Å².